The summed E-state index contributed by atoms with van der Waals surface area (Å²) >= 11 is -1.20. The first-order chi connectivity index (χ1) is 11.8. The summed E-state index contributed by atoms with van der Waals surface area (Å²) in [6, 6.07) is 3.62. The summed E-state index contributed by atoms with van der Waals surface area (Å²) in [7, 11) is -1.91. The summed E-state index contributed by atoms with van der Waals surface area (Å²) < 4.78 is 27.3. The summed E-state index contributed by atoms with van der Waals surface area (Å²) in [5, 5.41) is 0.123. The van der Waals surface area contributed by atoms with Gasteiger partial charge >= 0.3 is 0 Å². The van der Waals surface area contributed by atoms with E-state index in [1.807, 2.05) is 39.8 Å². The van der Waals surface area contributed by atoms with Crippen LogP contribution < -0.4 is 9.46 Å². The zero-order valence-corrected chi connectivity index (χ0v) is 19.6. The Kier molecular flexibility index (Phi) is 8.17. The van der Waals surface area contributed by atoms with Gasteiger partial charge in [0.1, 0.15) is 10.8 Å². The molecule has 1 N–H and O–H groups in total. The van der Waals surface area contributed by atoms with Gasteiger partial charge in [-0.1, -0.05) is 26.8 Å². The van der Waals surface area contributed by atoms with E-state index in [9.17, 15) is 4.55 Å². The van der Waals surface area contributed by atoms with Gasteiger partial charge in [0, 0.05) is 23.6 Å². The number of rotatable bonds is 8. The molecule has 150 valence electrons. The Balaban J connectivity index is 2.98. The molecule has 1 heterocycles. The average molecular weight is 401 g/mol. The monoisotopic (exact) mass is 400 g/mol. The van der Waals surface area contributed by atoms with Gasteiger partial charge in [-0.3, -0.25) is 0 Å². The lowest BCUT2D eigenvalue weighted by molar-refractivity contribution is 0.255. The number of pyridine rings is 1. The molecule has 7 heteroatoms. The van der Waals surface area contributed by atoms with Crippen LogP contribution in [0.5, 0.6) is 5.88 Å². The Morgan fingerprint density at radius 2 is 1.81 bits per heavy atom. The zero-order chi connectivity index (χ0) is 20.2. The van der Waals surface area contributed by atoms with Gasteiger partial charge in [0.15, 0.2) is 8.32 Å². The summed E-state index contributed by atoms with van der Waals surface area (Å²) in [4.78, 5) is 4.35. The van der Waals surface area contributed by atoms with Crippen LogP contribution in [0, 0.1) is 0 Å². The van der Waals surface area contributed by atoms with Gasteiger partial charge in [0.2, 0.25) is 5.88 Å². The first-order valence-electron chi connectivity index (χ1n) is 9.18. The SMILES string of the molecule is CCOc1ccc([C@H](CO[Si](C)(C)C(C)(C)C)N[S@@+]([O-])C(C)(C)C)cn1. The van der Waals surface area contributed by atoms with Crippen molar-refractivity contribution in [3.05, 3.63) is 23.9 Å². The second kappa shape index (κ2) is 9.06. The van der Waals surface area contributed by atoms with Gasteiger partial charge in [0.25, 0.3) is 0 Å². The fraction of sp³-hybridized carbons (Fsp3) is 0.737. The summed E-state index contributed by atoms with van der Waals surface area (Å²) in [6.07, 6.45) is 1.78. The van der Waals surface area contributed by atoms with Crippen LogP contribution in [0.4, 0.5) is 0 Å². The molecule has 0 spiro atoms. The molecule has 0 aliphatic heterocycles. The van der Waals surface area contributed by atoms with E-state index in [2.05, 4.69) is 43.6 Å². The molecule has 0 radical (unpaired) electrons. The maximum Gasteiger partial charge on any atom is 0.213 e. The van der Waals surface area contributed by atoms with Crippen molar-refractivity contribution in [1.82, 2.24) is 9.71 Å². The normalized spacial score (nSPS) is 15.6. The van der Waals surface area contributed by atoms with Crippen molar-refractivity contribution in [1.29, 1.82) is 0 Å². The van der Waals surface area contributed by atoms with Crippen molar-refractivity contribution in [3.8, 4) is 5.88 Å². The van der Waals surface area contributed by atoms with Gasteiger partial charge in [-0.05, 0) is 51.4 Å². The maximum atomic E-state index is 12.6. The Bertz CT molecular complexity index is 553. The van der Waals surface area contributed by atoms with E-state index >= 15 is 0 Å². The molecule has 0 amide bonds. The minimum absolute atomic E-state index is 0.123. The third kappa shape index (κ3) is 6.85. The molecule has 0 saturated carbocycles. The van der Waals surface area contributed by atoms with Crippen LogP contribution in [0.1, 0.15) is 60.1 Å². The number of hydrogen-bond acceptors (Lipinski definition) is 5. The number of nitrogens with zero attached hydrogens (tertiary/aromatic N) is 1. The Morgan fingerprint density at radius 1 is 1.19 bits per heavy atom. The maximum absolute atomic E-state index is 12.6. The fourth-order valence-corrected chi connectivity index (χ4v) is 3.68. The largest absolute Gasteiger partial charge is 0.598 e. The highest BCUT2D eigenvalue weighted by Gasteiger charge is 2.38. The van der Waals surface area contributed by atoms with E-state index in [0.717, 1.165) is 5.56 Å². The highest BCUT2D eigenvalue weighted by molar-refractivity contribution is 7.90. The Hall–Kier alpha value is -0.603. The molecule has 1 aromatic heterocycles. The van der Waals surface area contributed by atoms with Crippen LogP contribution in [0.25, 0.3) is 0 Å². The van der Waals surface area contributed by atoms with Crippen molar-refractivity contribution in [2.75, 3.05) is 13.2 Å². The molecule has 26 heavy (non-hydrogen) atoms. The number of nitrogens with one attached hydrogen (secondary N) is 1. The highest BCUT2D eigenvalue weighted by atomic mass is 32.2. The van der Waals surface area contributed by atoms with Crippen molar-refractivity contribution in [2.45, 2.75) is 77.4 Å². The van der Waals surface area contributed by atoms with Gasteiger partial charge in [0.05, 0.1) is 13.2 Å². The average Bonchev–Trinajstić information content (AvgIpc) is 2.50. The Labute approximate surface area is 163 Å². The van der Waals surface area contributed by atoms with Crippen LogP contribution >= 0.6 is 0 Å². The summed E-state index contributed by atoms with van der Waals surface area (Å²) in [5.74, 6) is 0.595. The van der Waals surface area contributed by atoms with E-state index in [-0.39, 0.29) is 15.8 Å². The molecule has 0 fully saturated rings. The summed E-state index contributed by atoms with van der Waals surface area (Å²) in [6.45, 7) is 19.9. The molecular weight excluding hydrogens is 364 g/mol. The van der Waals surface area contributed by atoms with E-state index in [1.54, 1.807) is 6.20 Å². The molecule has 1 aromatic rings. The molecule has 2 atom stereocenters. The van der Waals surface area contributed by atoms with Crippen LogP contribution in [0.2, 0.25) is 18.1 Å². The molecule has 5 nitrogen and oxygen atoms in total. The lowest BCUT2D eigenvalue weighted by Crippen LogP contribution is -2.46. The van der Waals surface area contributed by atoms with Gasteiger partial charge in [-0.2, -0.15) is 0 Å². The van der Waals surface area contributed by atoms with Crippen LogP contribution in [0.3, 0.4) is 0 Å². The molecule has 0 aliphatic carbocycles. The predicted octanol–water partition coefficient (Wildman–Crippen LogP) is 4.60. The van der Waals surface area contributed by atoms with E-state index in [1.165, 1.54) is 0 Å². The van der Waals surface area contributed by atoms with Crippen molar-refractivity contribution in [3.63, 3.8) is 0 Å². The smallest absolute Gasteiger partial charge is 0.213 e. The first-order valence-corrected chi connectivity index (χ1v) is 13.2. The van der Waals surface area contributed by atoms with Crippen molar-refractivity contribution >= 4 is 19.7 Å². The van der Waals surface area contributed by atoms with E-state index < -0.39 is 19.7 Å². The molecule has 0 unspecified atom stereocenters. The Morgan fingerprint density at radius 3 is 2.23 bits per heavy atom. The zero-order valence-electron chi connectivity index (χ0n) is 17.8. The third-order valence-electron chi connectivity index (χ3n) is 4.68. The van der Waals surface area contributed by atoms with E-state index in [4.69, 9.17) is 9.16 Å². The summed E-state index contributed by atoms with van der Waals surface area (Å²) in [5.41, 5.74) is 0.949. The minimum Gasteiger partial charge on any atom is -0.598 e. The molecule has 0 aliphatic rings. The van der Waals surface area contributed by atoms with E-state index in [0.29, 0.717) is 19.1 Å². The topological polar surface area (TPSA) is 66.4 Å². The van der Waals surface area contributed by atoms with Crippen LogP contribution in [-0.2, 0) is 15.8 Å². The molecular formula is C19H36N2O3SSi. The quantitative estimate of drug-likeness (QED) is 0.510. The number of hydrogen-bond donors (Lipinski definition) is 1. The second-order valence-corrected chi connectivity index (χ2v) is 15.8. The highest BCUT2D eigenvalue weighted by Crippen LogP contribution is 2.37. The standard InChI is InChI=1S/C19H36N2O3SSi/c1-10-23-17-12-11-15(13-20-17)16(21-25(22)18(2,3)4)14-24-26(8,9)19(5,6)7/h11-13,16,21H,10,14H2,1-9H3/t16-,25-/m0/s1. The predicted molar refractivity (Wildman–Crippen MR) is 112 cm³/mol. The van der Waals surface area contributed by atoms with Gasteiger partial charge in [-0.25, -0.2) is 4.98 Å². The molecule has 0 aromatic carbocycles. The number of aromatic nitrogens is 1. The first kappa shape index (κ1) is 23.4. The molecule has 1 rings (SSSR count). The number of ether oxygens (including phenoxy) is 1. The molecule has 0 bridgehead atoms. The second-order valence-electron chi connectivity index (χ2n) is 8.99. The van der Waals surface area contributed by atoms with Crippen molar-refractivity contribution < 1.29 is 13.7 Å². The van der Waals surface area contributed by atoms with Crippen LogP contribution in [0.15, 0.2) is 18.3 Å². The van der Waals surface area contributed by atoms with Gasteiger partial charge < -0.3 is 13.7 Å². The third-order valence-corrected chi connectivity index (χ3v) is 10.8. The lowest BCUT2D eigenvalue weighted by Gasteiger charge is -2.37. The lowest BCUT2D eigenvalue weighted by atomic mass is 10.1. The van der Waals surface area contributed by atoms with Gasteiger partial charge in [-0.15, -0.1) is 4.72 Å². The fourth-order valence-electron chi connectivity index (χ4n) is 1.84. The minimum atomic E-state index is -1.91. The molecule has 0 saturated heterocycles. The van der Waals surface area contributed by atoms with Crippen LogP contribution in [-0.4, -0.2) is 35.8 Å². The van der Waals surface area contributed by atoms with Crippen molar-refractivity contribution in [2.24, 2.45) is 0 Å².